The number of hydrogen-bond donors (Lipinski definition) is 6. The van der Waals surface area contributed by atoms with E-state index in [0.29, 0.717) is 19.4 Å². The van der Waals surface area contributed by atoms with Gasteiger partial charge in [0.1, 0.15) is 12.1 Å². The molecule has 0 spiro atoms. The largest absolute Gasteiger partial charge is 0.481 e. The first-order valence-electron chi connectivity index (χ1n) is 9.29. The number of nitrogens with two attached hydrogens (primary N) is 2. The molecule has 0 aliphatic heterocycles. The van der Waals surface area contributed by atoms with E-state index in [-0.39, 0.29) is 12.8 Å². The van der Waals surface area contributed by atoms with Crippen molar-refractivity contribution in [1.29, 1.82) is 0 Å². The molecule has 0 aromatic heterocycles. The van der Waals surface area contributed by atoms with E-state index in [9.17, 15) is 19.2 Å². The van der Waals surface area contributed by atoms with Crippen LogP contribution in [0.15, 0.2) is 30.3 Å². The Kier molecular flexibility index (Phi) is 10.3. The summed E-state index contributed by atoms with van der Waals surface area (Å²) in [6.07, 6.45) is 0.817. The minimum Gasteiger partial charge on any atom is -0.481 e. The molecule has 3 atom stereocenters. The third kappa shape index (κ3) is 9.17. The predicted molar refractivity (Wildman–Crippen MR) is 105 cm³/mol. The van der Waals surface area contributed by atoms with Gasteiger partial charge >= 0.3 is 11.9 Å². The van der Waals surface area contributed by atoms with E-state index >= 15 is 0 Å². The summed E-state index contributed by atoms with van der Waals surface area (Å²) < 4.78 is 0. The molecule has 0 aliphatic carbocycles. The quantitative estimate of drug-likeness (QED) is 0.229. The average Bonchev–Trinajstić information content (AvgIpc) is 2.66. The number of rotatable bonds is 13. The van der Waals surface area contributed by atoms with Gasteiger partial charge in [0, 0.05) is 0 Å². The molecular formula is C19H28N4O6. The van der Waals surface area contributed by atoms with Crippen LogP contribution < -0.4 is 22.1 Å². The molecule has 10 heteroatoms. The summed E-state index contributed by atoms with van der Waals surface area (Å²) in [5.41, 5.74) is 12.2. The summed E-state index contributed by atoms with van der Waals surface area (Å²) in [6, 6.07) is 5.55. The van der Waals surface area contributed by atoms with E-state index in [0.717, 1.165) is 5.56 Å². The topological polar surface area (TPSA) is 185 Å². The fourth-order valence-corrected chi connectivity index (χ4v) is 2.65. The summed E-state index contributed by atoms with van der Waals surface area (Å²) in [5, 5.41) is 22.6. The zero-order valence-corrected chi connectivity index (χ0v) is 16.0. The van der Waals surface area contributed by atoms with Crippen molar-refractivity contribution in [1.82, 2.24) is 10.6 Å². The highest BCUT2D eigenvalue weighted by Gasteiger charge is 2.29. The third-order valence-electron chi connectivity index (χ3n) is 4.21. The van der Waals surface area contributed by atoms with Crippen LogP contribution in [0, 0.1) is 0 Å². The maximum atomic E-state index is 12.5. The Bertz CT molecular complexity index is 697. The highest BCUT2D eigenvalue weighted by molar-refractivity contribution is 5.92. The van der Waals surface area contributed by atoms with Gasteiger partial charge in [-0.25, -0.2) is 4.79 Å². The molecule has 0 heterocycles. The number of unbranched alkanes of at least 4 members (excludes halogenated alkanes) is 1. The molecule has 2 amide bonds. The van der Waals surface area contributed by atoms with E-state index in [1.165, 1.54) is 0 Å². The summed E-state index contributed by atoms with van der Waals surface area (Å²) in [6.45, 7) is 0.395. The molecule has 29 heavy (non-hydrogen) atoms. The molecule has 0 unspecified atom stereocenters. The van der Waals surface area contributed by atoms with E-state index in [1.807, 2.05) is 30.3 Å². The van der Waals surface area contributed by atoms with Crippen LogP contribution in [0.2, 0.25) is 0 Å². The first-order chi connectivity index (χ1) is 13.7. The Morgan fingerprint density at radius 3 is 2.10 bits per heavy atom. The van der Waals surface area contributed by atoms with Crippen molar-refractivity contribution < 1.29 is 29.4 Å². The molecule has 0 saturated heterocycles. The summed E-state index contributed by atoms with van der Waals surface area (Å²) in [5.74, 6) is -4.19. The number of carboxylic acids is 2. The van der Waals surface area contributed by atoms with Crippen molar-refractivity contribution >= 4 is 23.8 Å². The van der Waals surface area contributed by atoms with Gasteiger partial charge in [-0.3, -0.25) is 14.4 Å². The van der Waals surface area contributed by atoms with Gasteiger partial charge in [0.25, 0.3) is 0 Å². The molecule has 0 saturated carbocycles. The Balaban J connectivity index is 2.78. The van der Waals surface area contributed by atoms with Gasteiger partial charge in [-0.15, -0.1) is 0 Å². The number of carbonyl (C=O) groups excluding carboxylic acids is 2. The van der Waals surface area contributed by atoms with Crippen molar-refractivity contribution in [3.05, 3.63) is 35.9 Å². The summed E-state index contributed by atoms with van der Waals surface area (Å²) in [7, 11) is 0. The second kappa shape index (κ2) is 12.5. The number of amides is 2. The monoisotopic (exact) mass is 408 g/mol. The second-order valence-corrected chi connectivity index (χ2v) is 6.64. The lowest BCUT2D eigenvalue weighted by Crippen LogP contribution is -2.55. The van der Waals surface area contributed by atoms with Crippen LogP contribution in [-0.2, 0) is 25.6 Å². The Morgan fingerprint density at radius 2 is 1.55 bits per heavy atom. The lowest BCUT2D eigenvalue weighted by atomic mass is 10.0. The lowest BCUT2D eigenvalue weighted by Gasteiger charge is -2.22. The van der Waals surface area contributed by atoms with Gasteiger partial charge in [0.05, 0.1) is 12.5 Å². The van der Waals surface area contributed by atoms with Crippen LogP contribution >= 0.6 is 0 Å². The fourth-order valence-electron chi connectivity index (χ4n) is 2.65. The van der Waals surface area contributed by atoms with Gasteiger partial charge in [-0.1, -0.05) is 30.3 Å². The van der Waals surface area contributed by atoms with Gasteiger partial charge < -0.3 is 32.3 Å². The van der Waals surface area contributed by atoms with E-state index in [4.69, 9.17) is 21.7 Å². The zero-order valence-electron chi connectivity index (χ0n) is 16.0. The highest BCUT2D eigenvalue weighted by Crippen LogP contribution is 2.06. The molecule has 0 fully saturated rings. The average molecular weight is 408 g/mol. The normalized spacial score (nSPS) is 13.7. The standard InChI is InChI=1S/C19H28N4O6/c20-9-5-4-8-14(18(27)23-15(19(28)29)11-16(24)25)22-17(26)13(21)10-12-6-2-1-3-7-12/h1-3,6-7,13-15H,4-5,8-11,20-21H2,(H,22,26)(H,23,27)(H,24,25)(H,28,29)/t13-,14-,15-/m0/s1. The van der Waals surface area contributed by atoms with Crippen molar-refractivity contribution in [3.63, 3.8) is 0 Å². The SMILES string of the molecule is NCCCC[C@H](NC(=O)[C@@H](N)Cc1ccccc1)C(=O)N[C@@H](CC(=O)O)C(=O)O. The Hall–Kier alpha value is -2.98. The number of carbonyl (C=O) groups is 4. The van der Waals surface area contributed by atoms with Crippen molar-refractivity contribution in [2.45, 2.75) is 50.2 Å². The molecule has 1 rings (SSSR count). The molecule has 0 radical (unpaired) electrons. The predicted octanol–water partition coefficient (Wildman–Crippen LogP) is -0.786. The molecule has 0 bridgehead atoms. The van der Waals surface area contributed by atoms with Crippen molar-refractivity contribution in [2.24, 2.45) is 11.5 Å². The molecule has 1 aromatic carbocycles. The third-order valence-corrected chi connectivity index (χ3v) is 4.21. The van der Waals surface area contributed by atoms with Gasteiger partial charge in [0.15, 0.2) is 0 Å². The second-order valence-electron chi connectivity index (χ2n) is 6.64. The van der Waals surface area contributed by atoms with Crippen molar-refractivity contribution in [2.75, 3.05) is 6.54 Å². The number of benzene rings is 1. The maximum absolute atomic E-state index is 12.5. The molecular weight excluding hydrogens is 380 g/mol. The van der Waals surface area contributed by atoms with Crippen LogP contribution in [0.3, 0.4) is 0 Å². The first-order valence-corrected chi connectivity index (χ1v) is 9.29. The number of nitrogens with one attached hydrogen (secondary N) is 2. The molecule has 10 nitrogen and oxygen atoms in total. The van der Waals surface area contributed by atoms with Crippen LogP contribution in [0.25, 0.3) is 0 Å². The summed E-state index contributed by atoms with van der Waals surface area (Å²) in [4.78, 5) is 46.9. The highest BCUT2D eigenvalue weighted by atomic mass is 16.4. The number of hydrogen-bond acceptors (Lipinski definition) is 6. The Labute approximate surface area is 168 Å². The first kappa shape index (κ1) is 24.1. The zero-order chi connectivity index (χ0) is 21.8. The van der Waals surface area contributed by atoms with Crippen LogP contribution in [0.1, 0.15) is 31.2 Å². The fraction of sp³-hybridized carbons (Fsp3) is 0.474. The van der Waals surface area contributed by atoms with Crippen LogP contribution in [-0.4, -0.2) is 58.6 Å². The minimum absolute atomic E-state index is 0.215. The smallest absolute Gasteiger partial charge is 0.326 e. The molecule has 8 N–H and O–H groups in total. The Morgan fingerprint density at radius 1 is 0.931 bits per heavy atom. The molecule has 1 aromatic rings. The number of carboxylic acid groups (broad SMARTS) is 2. The maximum Gasteiger partial charge on any atom is 0.326 e. The molecule has 0 aliphatic rings. The van der Waals surface area contributed by atoms with Gasteiger partial charge in [-0.2, -0.15) is 0 Å². The number of aliphatic carboxylic acids is 2. The van der Waals surface area contributed by atoms with E-state index in [2.05, 4.69) is 10.6 Å². The van der Waals surface area contributed by atoms with Crippen LogP contribution in [0.4, 0.5) is 0 Å². The van der Waals surface area contributed by atoms with Gasteiger partial charge in [0.2, 0.25) is 11.8 Å². The van der Waals surface area contributed by atoms with Gasteiger partial charge in [-0.05, 0) is 37.8 Å². The molecule has 160 valence electrons. The van der Waals surface area contributed by atoms with Crippen molar-refractivity contribution in [3.8, 4) is 0 Å². The van der Waals surface area contributed by atoms with E-state index < -0.39 is 48.3 Å². The summed E-state index contributed by atoms with van der Waals surface area (Å²) >= 11 is 0. The minimum atomic E-state index is -1.60. The lowest BCUT2D eigenvalue weighted by molar-refractivity contribution is -0.147. The van der Waals surface area contributed by atoms with Crippen LogP contribution in [0.5, 0.6) is 0 Å². The van der Waals surface area contributed by atoms with E-state index in [1.54, 1.807) is 0 Å².